The van der Waals surface area contributed by atoms with Crippen molar-refractivity contribution in [3.8, 4) is 11.5 Å². The van der Waals surface area contributed by atoms with Gasteiger partial charge in [-0.3, -0.25) is 4.79 Å². The van der Waals surface area contributed by atoms with E-state index in [0.29, 0.717) is 24.7 Å². The molecule has 4 atom stereocenters. The van der Waals surface area contributed by atoms with Crippen molar-refractivity contribution in [2.24, 2.45) is 21.5 Å². The fourth-order valence-corrected chi connectivity index (χ4v) is 4.71. The third kappa shape index (κ3) is 2.31. The predicted octanol–water partition coefficient (Wildman–Crippen LogP) is -2.75. The van der Waals surface area contributed by atoms with E-state index in [-0.39, 0.29) is 24.0 Å². The Bertz CT molecular complexity index is 980. The summed E-state index contributed by atoms with van der Waals surface area (Å²) in [5, 5.41) is 28.0. The van der Waals surface area contributed by atoms with Crippen molar-refractivity contribution < 1.29 is 24.5 Å². The number of benzene rings is 1. The van der Waals surface area contributed by atoms with E-state index >= 15 is 0 Å². The number of para-hydroxylation sites is 1. The molecule has 0 aliphatic carbocycles. The number of fused-ring (bicyclic) bond motifs is 1. The first-order valence-corrected chi connectivity index (χ1v) is 9.62. The monoisotopic (exact) mass is 417 g/mol. The minimum Gasteiger partial charge on any atom is -0.486 e. The van der Waals surface area contributed by atoms with Gasteiger partial charge >= 0.3 is 0 Å². The summed E-state index contributed by atoms with van der Waals surface area (Å²) in [6.45, 7) is 2.45. The molecule has 5 rings (SSSR count). The number of nitrogens with two attached hydrogens (primary N) is 2. The van der Waals surface area contributed by atoms with Crippen molar-refractivity contribution in [1.82, 2.24) is 15.5 Å². The van der Waals surface area contributed by atoms with E-state index in [1.165, 1.54) is 4.90 Å². The number of nitrogens with zero attached hydrogens (tertiary/aromatic N) is 3. The topological polar surface area (TPSA) is 180 Å². The minimum absolute atomic E-state index is 0.0144. The van der Waals surface area contributed by atoms with Crippen LogP contribution in [0.1, 0.15) is 17.3 Å². The summed E-state index contributed by atoms with van der Waals surface area (Å²) in [6, 6.07) is 2.67. The lowest BCUT2D eigenvalue weighted by molar-refractivity contribution is -0.230. The van der Waals surface area contributed by atoms with Gasteiger partial charge in [0.15, 0.2) is 29.1 Å². The number of rotatable bonds is 2. The first kappa shape index (κ1) is 18.8. The molecular weight excluding hydrogens is 394 g/mol. The van der Waals surface area contributed by atoms with Gasteiger partial charge in [0.1, 0.15) is 25.3 Å². The Morgan fingerprint density at radius 1 is 1.30 bits per heavy atom. The number of hydrogen-bond acceptors (Lipinski definition) is 11. The Kier molecular flexibility index (Phi) is 3.83. The molecule has 0 bridgehead atoms. The van der Waals surface area contributed by atoms with Crippen molar-refractivity contribution >= 4 is 17.8 Å². The molecule has 1 aromatic rings. The average molecular weight is 417 g/mol. The number of carbonyl (C=O) groups excluding carboxylic acids is 1. The zero-order valence-corrected chi connectivity index (χ0v) is 16.2. The van der Waals surface area contributed by atoms with Gasteiger partial charge in [-0.05, 0) is 19.1 Å². The molecular formula is C18H23N7O5. The summed E-state index contributed by atoms with van der Waals surface area (Å²) in [4.78, 5) is 23.2. The Hall–Kier alpha value is -3.25. The smallest absolute Gasteiger partial charge is 0.255 e. The van der Waals surface area contributed by atoms with Crippen LogP contribution < -0.4 is 31.6 Å². The van der Waals surface area contributed by atoms with Crippen molar-refractivity contribution in [2.75, 3.05) is 19.8 Å². The van der Waals surface area contributed by atoms with Crippen LogP contribution in [0.3, 0.4) is 0 Å². The lowest BCUT2D eigenvalue weighted by Crippen LogP contribution is -2.77. The molecule has 8 N–H and O–H groups in total. The fourth-order valence-electron chi connectivity index (χ4n) is 4.71. The largest absolute Gasteiger partial charge is 0.486 e. The maximum Gasteiger partial charge on any atom is 0.255 e. The highest BCUT2D eigenvalue weighted by atomic mass is 16.6. The number of guanidine groups is 2. The number of amides is 1. The summed E-state index contributed by atoms with van der Waals surface area (Å²) in [6.07, 6.45) is 0. The van der Waals surface area contributed by atoms with Gasteiger partial charge in [0.25, 0.3) is 5.91 Å². The van der Waals surface area contributed by atoms with Gasteiger partial charge in [-0.2, -0.15) is 0 Å². The number of aliphatic imine (C=N–C) groups is 2. The highest BCUT2D eigenvalue weighted by Gasteiger charge is 2.73. The van der Waals surface area contributed by atoms with Gasteiger partial charge in [0, 0.05) is 6.54 Å². The van der Waals surface area contributed by atoms with Crippen molar-refractivity contribution in [2.45, 2.75) is 36.5 Å². The lowest BCUT2D eigenvalue weighted by atomic mass is 9.85. The molecule has 12 nitrogen and oxygen atoms in total. The van der Waals surface area contributed by atoms with Gasteiger partial charge in [0.05, 0.1) is 11.6 Å². The molecule has 1 unspecified atom stereocenters. The van der Waals surface area contributed by atoms with Gasteiger partial charge in [-0.25, -0.2) is 9.98 Å². The fraction of sp³-hybridized carbons (Fsp3) is 0.500. The van der Waals surface area contributed by atoms with Crippen LogP contribution in [0.2, 0.25) is 0 Å². The molecule has 12 heteroatoms. The van der Waals surface area contributed by atoms with Crippen LogP contribution in [0.25, 0.3) is 0 Å². The second kappa shape index (κ2) is 6.12. The molecule has 1 fully saturated rings. The molecule has 0 aromatic heterocycles. The predicted molar refractivity (Wildman–Crippen MR) is 105 cm³/mol. The molecule has 1 aromatic carbocycles. The maximum atomic E-state index is 13.0. The minimum atomic E-state index is -2.46. The van der Waals surface area contributed by atoms with Gasteiger partial charge in [-0.1, -0.05) is 6.07 Å². The summed E-state index contributed by atoms with van der Waals surface area (Å²) < 4.78 is 11.1. The van der Waals surface area contributed by atoms with Crippen LogP contribution in [0.5, 0.6) is 11.5 Å². The summed E-state index contributed by atoms with van der Waals surface area (Å²) in [5.74, 6) is -2.08. The Morgan fingerprint density at radius 2 is 2.07 bits per heavy atom. The molecule has 4 heterocycles. The van der Waals surface area contributed by atoms with Crippen molar-refractivity contribution in [3.63, 3.8) is 0 Å². The summed E-state index contributed by atoms with van der Waals surface area (Å²) in [5.41, 5.74) is 10.6. The Labute approximate surface area is 171 Å². The van der Waals surface area contributed by atoms with Crippen LogP contribution in [-0.4, -0.2) is 82.3 Å². The number of ether oxygens (including phenoxy) is 2. The van der Waals surface area contributed by atoms with Gasteiger partial charge in [0.2, 0.25) is 5.79 Å². The molecule has 0 radical (unpaired) electrons. The van der Waals surface area contributed by atoms with Crippen LogP contribution in [0.15, 0.2) is 28.2 Å². The first-order valence-electron chi connectivity index (χ1n) is 9.62. The SMILES string of the molecule is C[C@@H]1N=C(N)N2C[C@H](NC(=O)c3cccc4c3OCCO4)C(O)(O)[C@@]23NC(N)=NC13. The molecule has 30 heavy (non-hydrogen) atoms. The summed E-state index contributed by atoms with van der Waals surface area (Å²) >= 11 is 0. The van der Waals surface area contributed by atoms with Gasteiger partial charge in [-0.15, -0.1) is 0 Å². The van der Waals surface area contributed by atoms with E-state index in [2.05, 4.69) is 20.6 Å². The number of carbonyl (C=O) groups is 1. The second-order valence-electron chi connectivity index (χ2n) is 7.77. The van der Waals surface area contributed by atoms with Crippen LogP contribution >= 0.6 is 0 Å². The molecule has 0 saturated carbocycles. The normalized spacial score (nSPS) is 33.0. The molecule has 4 aliphatic heterocycles. The van der Waals surface area contributed by atoms with E-state index in [0.717, 1.165) is 0 Å². The van der Waals surface area contributed by atoms with E-state index < -0.39 is 35.5 Å². The Balaban J connectivity index is 1.48. The number of hydrogen-bond donors (Lipinski definition) is 6. The summed E-state index contributed by atoms with van der Waals surface area (Å²) in [7, 11) is 0. The number of nitrogens with one attached hydrogen (secondary N) is 2. The zero-order chi connectivity index (χ0) is 21.3. The van der Waals surface area contributed by atoms with E-state index in [1.807, 2.05) is 0 Å². The van der Waals surface area contributed by atoms with E-state index in [9.17, 15) is 15.0 Å². The van der Waals surface area contributed by atoms with Crippen molar-refractivity contribution in [3.05, 3.63) is 23.8 Å². The van der Waals surface area contributed by atoms with Crippen LogP contribution in [-0.2, 0) is 0 Å². The third-order valence-corrected chi connectivity index (χ3v) is 6.05. The quantitative estimate of drug-likeness (QED) is 0.278. The average Bonchev–Trinajstić information content (AvgIpc) is 3.18. The molecule has 1 saturated heterocycles. The van der Waals surface area contributed by atoms with E-state index in [1.54, 1.807) is 25.1 Å². The second-order valence-corrected chi connectivity index (χ2v) is 7.77. The highest BCUT2D eigenvalue weighted by Crippen LogP contribution is 2.44. The molecule has 4 aliphatic rings. The van der Waals surface area contributed by atoms with Gasteiger partial charge < -0.3 is 46.7 Å². The number of aliphatic hydroxyl groups is 2. The highest BCUT2D eigenvalue weighted by molar-refractivity contribution is 5.98. The molecule has 1 spiro atoms. The van der Waals surface area contributed by atoms with Crippen LogP contribution in [0.4, 0.5) is 0 Å². The molecule has 160 valence electrons. The zero-order valence-electron chi connectivity index (χ0n) is 16.2. The third-order valence-electron chi connectivity index (χ3n) is 6.05. The standard InChI is InChI=1S/C18H23N7O5/c1-8-13-17(24-15(19)23-13)18(27,28)11(7-25(17)16(20)21-8)22-14(26)9-3-2-4-10-12(9)30-6-5-29-10/h2-4,8,11,13,27-28H,5-7H2,1H3,(H2,20,21)(H,22,26)(H3,19,23,24)/t8-,11-,13?,17-/m0/s1. The van der Waals surface area contributed by atoms with E-state index in [4.69, 9.17) is 20.9 Å². The van der Waals surface area contributed by atoms with Crippen molar-refractivity contribution in [1.29, 1.82) is 0 Å². The molecule has 1 amide bonds. The van der Waals surface area contributed by atoms with Crippen LogP contribution in [0, 0.1) is 0 Å². The lowest BCUT2D eigenvalue weighted by Gasteiger charge is -2.48. The maximum absolute atomic E-state index is 13.0. The first-order chi connectivity index (χ1) is 14.3. The Morgan fingerprint density at radius 3 is 2.87 bits per heavy atom.